The Hall–Kier alpha value is -3.08. The molecule has 2 aromatic carbocycles. The third-order valence-electron chi connectivity index (χ3n) is 3.88. The van der Waals surface area contributed by atoms with Gasteiger partial charge in [0.1, 0.15) is 5.75 Å². The van der Waals surface area contributed by atoms with Gasteiger partial charge in [-0.15, -0.1) is 0 Å². The molecule has 2 N–H and O–H groups in total. The number of rotatable bonds is 6. The first-order valence-electron chi connectivity index (χ1n) is 8.27. The van der Waals surface area contributed by atoms with Crippen LogP contribution in [0.2, 0.25) is 0 Å². The molecule has 0 aliphatic heterocycles. The van der Waals surface area contributed by atoms with Crippen molar-refractivity contribution in [2.45, 2.75) is 20.4 Å². The zero-order chi connectivity index (χ0) is 17.6. The van der Waals surface area contributed by atoms with Crippen LogP contribution in [-0.2, 0) is 6.54 Å². The molecule has 0 fully saturated rings. The van der Waals surface area contributed by atoms with Crippen molar-refractivity contribution in [2.24, 2.45) is 0 Å². The van der Waals surface area contributed by atoms with Crippen molar-refractivity contribution in [3.05, 3.63) is 71.4 Å². The van der Waals surface area contributed by atoms with Gasteiger partial charge in [0.25, 0.3) is 5.91 Å². The Labute approximate surface area is 147 Å². The molecule has 3 rings (SSSR count). The number of H-pyrrole nitrogens is 1. The van der Waals surface area contributed by atoms with E-state index in [1.54, 1.807) is 6.20 Å². The molecule has 5 heteroatoms. The first-order valence-corrected chi connectivity index (χ1v) is 8.27. The number of carbonyl (C=O) groups excluding carboxylic acids is 1. The lowest BCUT2D eigenvalue weighted by molar-refractivity contribution is 0.0951. The summed E-state index contributed by atoms with van der Waals surface area (Å²) < 4.78 is 5.42. The zero-order valence-corrected chi connectivity index (χ0v) is 14.4. The minimum atomic E-state index is -0.154. The van der Waals surface area contributed by atoms with Crippen molar-refractivity contribution >= 4 is 5.91 Å². The number of ether oxygens (including phenoxy) is 1. The van der Waals surface area contributed by atoms with Gasteiger partial charge in [0, 0.05) is 12.1 Å². The number of carbonyl (C=O) groups is 1. The number of hydrogen-bond acceptors (Lipinski definition) is 3. The summed E-state index contributed by atoms with van der Waals surface area (Å²) in [7, 11) is 0. The first-order chi connectivity index (χ1) is 12.2. The molecule has 0 aliphatic carbocycles. The summed E-state index contributed by atoms with van der Waals surface area (Å²) >= 11 is 0. The summed E-state index contributed by atoms with van der Waals surface area (Å²) in [5.41, 5.74) is 4.36. The monoisotopic (exact) mass is 335 g/mol. The molecule has 0 bridgehead atoms. The zero-order valence-electron chi connectivity index (χ0n) is 14.4. The lowest BCUT2D eigenvalue weighted by Gasteiger charge is -2.08. The van der Waals surface area contributed by atoms with E-state index in [9.17, 15) is 4.79 Å². The molecule has 0 spiro atoms. The molecular formula is C20H21N3O2. The van der Waals surface area contributed by atoms with Crippen molar-refractivity contribution in [1.29, 1.82) is 0 Å². The van der Waals surface area contributed by atoms with Crippen LogP contribution in [0.3, 0.4) is 0 Å². The maximum absolute atomic E-state index is 12.5. The maximum atomic E-state index is 12.5. The van der Waals surface area contributed by atoms with Crippen LogP contribution >= 0.6 is 0 Å². The molecule has 0 atom stereocenters. The number of amides is 1. The van der Waals surface area contributed by atoms with Crippen LogP contribution in [0.1, 0.15) is 28.4 Å². The van der Waals surface area contributed by atoms with Gasteiger partial charge in [-0.25, -0.2) is 0 Å². The fourth-order valence-corrected chi connectivity index (χ4v) is 2.63. The molecule has 1 aromatic heterocycles. The average molecular weight is 335 g/mol. The van der Waals surface area contributed by atoms with Crippen molar-refractivity contribution in [1.82, 2.24) is 15.5 Å². The van der Waals surface area contributed by atoms with Gasteiger partial charge in [-0.05, 0) is 37.6 Å². The van der Waals surface area contributed by atoms with E-state index in [2.05, 4.69) is 15.5 Å². The maximum Gasteiger partial charge on any atom is 0.255 e. The molecular weight excluding hydrogens is 314 g/mol. The minimum Gasteiger partial charge on any atom is -0.494 e. The molecule has 25 heavy (non-hydrogen) atoms. The molecule has 0 unspecified atom stereocenters. The fraction of sp³-hybridized carbons (Fsp3) is 0.200. The molecule has 0 saturated heterocycles. The third kappa shape index (κ3) is 4.07. The smallest absolute Gasteiger partial charge is 0.255 e. The van der Waals surface area contributed by atoms with E-state index in [1.165, 1.54) is 0 Å². The molecule has 3 aromatic rings. The van der Waals surface area contributed by atoms with Gasteiger partial charge >= 0.3 is 0 Å². The Morgan fingerprint density at radius 1 is 1.20 bits per heavy atom. The number of nitrogens with zero attached hydrogens (tertiary/aromatic N) is 1. The quantitative estimate of drug-likeness (QED) is 0.721. The number of nitrogens with one attached hydrogen (secondary N) is 2. The minimum absolute atomic E-state index is 0.154. The summed E-state index contributed by atoms with van der Waals surface area (Å²) in [5.74, 6) is 0.674. The Bertz CT molecular complexity index is 853. The van der Waals surface area contributed by atoms with Gasteiger partial charge < -0.3 is 10.1 Å². The molecule has 128 valence electrons. The first kappa shape index (κ1) is 16.8. The normalized spacial score (nSPS) is 10.5. The summed E-state index contributed by atoms with van der Waals surface area (Å²) in [6, 6.07) is 15.7. The number of benzene rings is 2. The standard InChI is InChI=1S/C20H21N3O2/c1-3-25-17-9-7-15(8-10-17)12-21-20(24)18-13-22-23-19(18)16-6-4-5-14(2)11-16/h4-11,13H,3,12H2,1-2H3,(H,21,24)(H,22,23). The predicted octanol–water partition coefficient (Wildman–Crippen LogP) is 3.71. The van der Waals surface area contributed by atoms with Gasteiger partial charge in [-0.3, -0.25) is 9.89 Å². The number of hydrogen-bond donors (Lipinski definition) is 2. The summed E-state index contributed by atoms with van der Waals surface area (Å²) in [6.07, 6.45) is 1.56. The Morgan fingerprint density at radius 2 is 2.00 bits per heavy atom. The SMILES string of the molecule is CCOc1ccc(CNC(=O)c2cn[nH]c2-c2cccc(C)c2)cc1. The van der Waals surface area contributed by atoms with Crippen LogP contribution in [0.5, 0.6) is 5.75 Å². The average Bonchev–Trinajstić information content (AvgIpc) is 3.11. The second-order valence-corrected chi connectivity index (χ2v) is 5.79. The van der Waals surface area contributed by atoms with Crippen molar-refractivity contribution in [2.75, 3.05) is 6.61 Å². The summed E-state index contributed by atoms with van der Waals surface area (Å²) in [6.45, 7) is 5.05. The predicted molar refractivity (Wildman–Crippen MR) is 97.5 cm³/mol. The largest absolute Gasteiger partial charge is 0.494 e. The van der Waals surface area contributed by atoms with Crippen molar-refractivity contribution in [3.8, 4) is 17.0 Å². The highest BCUT2D eigenvalue weighted by Crippen LogP contribution is 2.22. The van der Waals surface area contributed by atoms with Gasteiger partial charge in [-0.2, -0.15) is 5.10 Å². The third-order valence-corrected chi connectivity index (χ3v) is 3.88. The molecule has 1 heterocycles. The van der Waals surface area contributed by atoms with Crippen molar-refractivity contribution < 1.29 is 9.53 Å². The Morgan fingerprint density at radius 3 is 2.72 bits per heavy atom. The molecule has 0 aliphatic rings. The van der Waals surface area contributed by atoms with E-state index >= 15 is 0 Å². The van der Waals surface area contributed by atoms with Crippen LogP contribution in [0.25, 0.3) is 11.3 Å². The van der Waals surface area contributed by atoms with Crippen LogP contribution < -0.4 is 10.1 Å². The van der Waals surface area contributed by atoms with E-state index in [4.69, 9.17) is 4.74 Å². The van der Waals surface area contributed by atoms with E-state index in [1.807, 2.05) is 62.4 Å². The van der Waals surface area contributed by atoms with Gasteiger partial charge in [0.05, 0.1) is 24.1 Å². The summed E-state index contributed by atoms with van der Waals surface area (Å²) in [4.78, 5) is 12.5. The van der Waals surface area contributed by atoms with Crippen LogP contribution in [0.15, 0.2) is 54.7 Å². The molecule has 0 radical (unpaired) electrons. The van der Waals surface area contributed by atoms with Gasteiger partial charge in [0.15, 0.2) is 0 Å². The van der Waals surface area contributed by atoms with E-state index < -0.39 is 0 Å². The van der Waals surface area contributed by atoms with Gasteiger partial charge in [0.2, 0.25) is 0 Å². The number of aryl methyl sites for hydroxylation is 1. The number of aromatic amines is 1. The Balaban J connectivity index is 1.69. The Kier molecular flexibility index (Phi) is 5.14. The highest BCUT2D eigenvalue weighted by Gasteiger charge is 2.15. The topological polar surface area (TPSA) is 67.0 Å². The molecule has 1 amide bonds. The van der Waals surface area contributed by atoms with Crippen LogP contribution in [-0.4, -0.2) is 22.7 Å². The lowest BCUT2D eigenvalue weighted by atomic mass is 10.1. The van der Waals surface area contributed by atoms with Crippen LogP contribution in [0.4, 0.5) is 0 Å². The van der Waals surface area contributed by atoms with Gasteiger partial charge in [-0.1, -0.05) is 35.9 Å². The second kappa shape index (κ2) is 7.66. The van der Waals surface area contributed by atoms with E-state index in [0.717, 1.165) is 28.1 Å². The molecule has 5 nitrogen and oxygen atoms in total. The van der Waals surface area contributed by atoms with Crippen molar-refractivity contribution in [3.63, 3.8) is 0 Å². The molecule has 0 saturated carbocycles. The van der Waals surface area contributed by atoms with E-state index in [-0.39, 0.29) is 5.91 Å². The highest BCUT2D eigenvalue weighted by atomic mass is 16.5. The second-order valence-electron chi connectivity index (χ2n) is 5.79. The number of aromatic nitrogens is 2. The van der Waals surface area contributed by atoms with E-state index in [0.29, 0.717) is 18.7 Å². The fourth-order valence-electron chi connectivity index (χ4n) is 2.63. The highest BCUT2D eigenvalue weighted by molar-refractivity contribution is 5.99. The lowest BCUT2D eigenvalue weighted by Crippen LogP contribution is -2.22. The van der Waals surface area contributed by atoms with Crippen LogP contribution in [0, 0.1) is 6.92 Å². The summed E-state index contributed by atoms with van der Waals surface area (Å²) in [5, 5.41) is 9.89.